The van der Waals surface area contributed by atoms with E-state index in [0.717, 1.165) is 6.42 Å². The SMILES string of the molecule is CCC#CCC1C(=O)CCC1CC(=O)O. The molecule has 1 N–H and O–H groups in total. The first-order chi connectivity index (χ1) is 7.15. The van der Waals surface area contributed by atoms with Crippen molar-refractivity contribution in [2.75, 3.05) is 0 Å². The Morgan fingerprint density at radius 2 is 2.27 bits per heavy atom. The summed E-state index contributed by atoms with van der Waals surface area (Å²) in [7, 11) is 0. The molecule has 0 saturated heterocycles. The van der Waals surface area contributed by atoms with E-state index in [-0.39, 0.29) is 24.0 Å². The molecule has 1 aliphatic carbocycles. The van der Waals surface area contributed by atoms with E-state index in [4.69, 9.17) is 5.11 Å². The first-order valence-corrected chi connectivity index (χ1v) is 5.35. The molecule has 0 spiro atoms. The summed E-state index contributed by atoms with van der Waals surface area (Å²) >= 11 is 0. The van der Waals surface area contributed by atoms with Crippen LogP contribution in [0, 0.1) is 23.7 Å². The Morgan fingerprint density at radius 1 is 1.53 bits per heavy atom. The van der Waals surface area contributed by atoms with Crippen LogP contribution in [0.1, 0.15) is 39.0 Å². The first kappa shape index (κ1) is 11.8. The smallest absolute Gasteiger partial charge is 0.303 e. The van der Waals surface area contributed by atoms with Crippen LogP contribution in [0.25, 0.3) is 0 Å². The van der Waals surface area contributed by atoms with Crippen LogP contribution in [-0.2, 0) is 9.59 Å². The van der Waals surface area contributed by atoms with Crippen LogP contribution in [-0.4, -0.2) is 16.9 Å². The van der Waals surface area contributed by atoms with E-state index in [0.29, 0.717) is 19.3 Å². The number of rotatable bonds is 3. The monoisotopic (exact) mass is 208 g/mol. The summed E-state index contributed by atoms with van der Waals surface area (Å²) in [5.74, 6) is 5.10. The number of carboxylic acid groups (broad SMARTS) is 1. The van der Waals surface area contributed by atoms with Gasteiger partial charge in [0.25, 0.3) is 0 Å². The highest BCUT2D eigenvalue weighted by atomic mass is 16.4. The number of hydrogen-bond acceptors (Lipinski definition) is 2. The molecule has 2 atom stereocenters. The van der Waals surface area contributed by atoms with Crippen molar-refractivity contribution in [2.24, 2.45) is 11.8 Å². The van der Waals surface area contributed by atoms with E-state index in [9.17, 15) is 9.59 Å². The second-order valence-electron chi connectivity index (χ2n) is 3.88. The highest BCUT2D eigenvalue weighted by molar-refractivity contribution is 5.84. The molecule has 3 nitrogen and oxygen atoms in total. The van der Waals surface area contributed by atoms with Crippen LogP contribution in [0.5, 0.6) is 0 Å². The number of ketones is 1. The van der Waals surface area contributed by atoms with Gasteiger partial charge in [-0.15, -0.1) is 11.8 Å². The van der Waals surface area contributed by atoms with E-state index in [1.165, 1.54) is 0 Å². The van der Waals surface area contributed by atoms with Gasteiger partial charge in [-0.1, -0.05) is 6.92 Å². The largest absolute Gasteiger partial charge is 0.481 e. The zero-order valence-corrected chi connectivity index (χ0v) is 8.95. The summed E-state index contributed by atoms with van der Waals surface area (Å²) in [6.45, 7) is 1.96. The Kier molecular flexibility index (Phi) is 4.36. The standard InChI is InChI=1S/C12H16O3/c1-2-3-4-5-10-9(8-12(14)15)6-7-11(10)13/h9-10H,2,5-8H2,1H3,(H,14,15). The van der Waals surface area contributed by atoms with Crippen molar-refractivity contribution < 1.29 is 14.7 Å². The molecule has 0 aromatic carbocycles. The molecule has 1 rings (SSSR count). The van der Waals surface area contributed by atoms with Gasteiger partial charge >= 0.3 is 5.97 Å². The average molecular weight is 208 g/mol. The third kappa shape index (κ3) is 3.39. The van der Waals surface area contributed by atoms with E-state index in [1.807, 2.05) is 6.92 Å². The normalized spacial score (nSPS) is 24.7. The van der Waals surface area contributed by atoms with Gasteiger partial charge in [-0.3, -0.25) is 9.59 Å². The first-order valence-electron chi connectivity index (χ1n) is 5.35. The fourth-order valence-electron chi connectivity index (χ4n) is 2.03. The fourth-order valence-corrected chi connectivity index (χ4v) is 2.03. The van der Waals surface area contributed by atoms with Crippen molar-refractivity contribution in [3.8, 4) is 11.8 Å². The van der Waals surface area contributed by atoms with Crippen molar-refractivity contribution in [3.05, 3.63) is 0 Å². The maximum Gasteiger partial charge on any atom is 0.303 e. The van der Waals surface area contributed by atoms with Crippen molar-refractivity contribution in [1.29, 1.82) is 0 Å². The Morgan fingerprint density at radius 3 is 2.87 bits per heavy atom. The number of carbonyl (C=O) groups excluding carboxylic acids is 1. The lowest BCUT2D eigenvalue weighted by Gasteiger charge is -2.13. The quantitative estimate of drug-likeness (QED) is 0.720. The second kappa shape index (κ2) is 5.55. The van der Waals surface area contributed by atoms with Gasteiger partial charge in [0, 0.05) is 31.6 Å². The highest BCUT2D eigenvalue weighted by Crippen LogP contribution is 2.33. The topological polar surface area (TPSA) is 54.4 Å². The summed E-state index contributed by atoms with van der Waals surface area (Å²) < 4.78 is 0. The van der Waals surface area contributed by atoms with Crippen LogP contribution in [0.15, 0.2) is 0 Å². The van der Waals surface area contributed by atoms with Crippen LogP contribution < -0.4 is 0 Å². The minimum absolute atomic E-state index is 0.00107. The third-order valence-electron chi connectivity index (χ3n) is 2.80. The molecule has 3 heteroatoms. The second-order valence-corrected chi connectivity index (χ2v) is 3.88. The Balaban J connectivity index is 2.56. The maximum absolute atomic E-state index is 11.5. The lowest BCUT2D eigenvalue weighted by atomic mass is 9.90. The van der Waals surface area contributed by atoms with Gasteiger partial charge in [0.05, 0.1) is 0 Å². The molecule has 0 heterocycles. The third-order valence-corrected chi connectivity index (χ3v) is 2.80. The Labute approximate surface area is 89.9 Å². The lowest BCUT2D eigenvalue weighted by Crippen LogP contribution is -2.17. The number of carbonyl (C=O) groups is 2. The molecule has 1 aliphatic rings. The summed E-state index contributed by atoms with van der Waals surface area (Å²) in [6.07, 6.45) is 2.65. The Bertz CT molecular complexity index is 309. The van der Waals surface area contributed by atoms with E-state index < -0.39 is 5.97 Å². The number of hydrogen-bond donors (Lipinski definition) is 1. The van der Waals surface area contributed by atoms with Gasteiger partial charge in [0.15, 0.2) is 0 Å². The van der Waals surface area contributed by atoms with E-state index >= 15 is 0 Å². The predicted molar refractivity (Wildman–Crippen MR) is 56.2 cm³/mol. The van der Waals surface area contributed by atoms with Gasteiger partial charge < -0.3 is 5.11 Å². The number of Topliss-reactive ketones (excluding diaryl/α,β-unsaturated/α-hetero) is 1. The molecular formula is C12H16O3. The van der Waals surface area contributed by atoms with Crippen LogP contribution >= 0.6 is 0 Å². The summed E-state index contributed by atoms with van der Waals surface area (Å²) in [6, 6.07) is 0. The van der Waals surface area contributed by atoms with Crippen molar-refractivity contribution in [2.45, 2.75) is 39.0 Å². The predicted octanol–water partition coefficient (Wildman–Crippen LogP) is 1.86. The molecule has 0 aliphatic heterocycles. The van der Waals surface area contributed by atoms with E-state index in [2.05, 4.69) is 11.8 Å². The van der Waals surface area contributed by atoms with Crippen LogP contribution in [0.4, 0.5) is 0 Å². The molecule has 82 valence electrons. The van der Waals surface area contributed by atoms with Gasteiger partial charge in [-0.25, -0.2) is 0 Å². The molecule has 15 heavy (non-hydrogen) atoms. The zero-order chi connectivity index (χ0) is 11.3. The van der Waals surface area contributed by atoms with Crippen molar-refractivity contribution >= 4 is 11.8 Å². The molecule has 0 radical (unpaired) electrons. The highest BCUT2D eigenvalue weighted by Gasteiger charge is 2.34. The molecule has 1 saturated carbocycles. The average Bonchev–Trinajstić information content (AvgIpc) is 2.49. The molecule has 0 amide bonds. The summed E-state index contributed by atoms with van der Waals surface area (Å²) in [5, 5.41) is 8.70. The lowest BCUT2D eigenvalue weighted by molar-refractivity contribution is -0.138. The molecule has 0 bridgehead atoms. The van der Waals surface area contributed by atoms with Crippen molar-refractivity contribution in [3.63, 3.8) is 0 Å². The molecule has 1 fully saturated rings. The summed E-state index contributed by atoms with van der Waals surface area (Å²) in [5.41, 5.74) is 0. The molecule has 0 aromatic rings. The maximum atomic E-state index is 11.5. The fraction of sp³-hybridized carbons (Fsp3) is 0.667. The number of carboxylic acids is 1. The van der Waals surface area contributed by atoms with Crippen molar-refractivity contribution in [1.82, 2.24) is 0 Å². The molecule has 0 aromatic heterocycles. The minimum Gasteiger partial charge on any atom is -0.481 e. The van der Waals surface area contributed by atoms with E-state index in [1.54, 1.807) is 0 Å². The minimum atomic E-state index is -0.817. The van der Waals surface area contributed by atoms with Gasteiger partial charge in [-0.2, -0.15) is 0 Å². The zero-order valence-electron chi connectivity index (χ0n) is 8.95. The Hall–Kier alpha value is -1.30. The van der Waals surface area contributed by atoms with Crippen LogP contribution in [0.2, 0.25) is 0 Å². The number of aliphatic carboxylic acids is 1. The van der Waals surface area contributed by atoms with Gasteiger partial charge in [-0.05, 0) is 12.3 Å². The van der Waals surface area contributed by atoms with Gasteiger partial charge in [0.1, 0.15) is 5.78 Å². The molecular weight excluding hydrogens is 192 g/mol. The van der Waals surface area contributed by atoms with Crippen LogP contribution in [0.3, 0.4) is 0 Å². The van der Waals surface area contributed by atoms with Gasteiger partial charge in [0.2, 0.25) is 0 Å². The summed E-state index contributed by atoms with van der Waals surface area (Å²) in [4.78, 5) is 22.1. The molecule has 2 unspecified atom stereocenters.